The van der Waals surface area contributed by atoms with Crippen LogP contribution in [0.5, 0.6) is 0 Å². The molecule has 0 aromatic carbocycles. The molecular formula is C12H19N5O3. The monoisotopic (exact) mass is 281 g/mol. The van der Waals surface area contributed by atoms with Crippen molar-refractivity contribution in [2.24, 2.45) is 0 Å². The van der Waals surface area contributed by atoms with Crippen molar-refractivity contribution in [3.63, 3.8) is 0 Å². The number of amides is 1. The summed E-state index contributed by atoms with van der Waals surface area (Å²) >= 11 is 0. The second kappa shape index (κ2) is 6.18. The van der Waals surface area contributed by atoms with Crippen molar-refractivity contribution in [1.29, 1.82) is 0 Å². The third-order valence-corrected chi connectivity index (χ3v) is 2.22. The molecule has 0 atom stereocenters. The Bertz CT molecular complexity index is 510. The number of aromatic nitrogens is 1. The van der Waals surface area contributed by atoms with Crippen LogP contribution in [0, 0.1) is 10.1 Å². The molecule has 0 aliphatic heterocycles. The fourth-order valence-corrected chi connectivity index (χ4v) is 1.47. The van der Waals surface area contributed by atoms with Crippen molar-refractivity contribution in [3.8, 4) is 0 Å². The summed E-state index contributed by atoms with van der Waals surface area (Å²) in [6.07, 6.45) is 0. The van der Waals surface area contributed by atoms with E-state index in [0.29, 0.717) is 5.82 Å². The summed E-state index contributed by atoms with van der Waals surface area (Å²) in [5.41, 5.74) is -0.423. The minimum absolute atomic E-state index is 0.00537. The van der Waals surface area contributed by atoms with Crippen LogP contribution in [-0.4, -0.2) is 34.9 Å². The average Bonchev–Trinajstić information content (AvgIpc) is 2.33. The van der Waals surface area contributed by atoms with Gasteiger partial charge in [0.2, 0.25) is 5.91 Å². The molecule has 0 bridgehead atoms. The lowest BCUT2D eigenvalue weighted by atomic mass is 10.1. The van der Waals surface area contributed by atoms with Crippen LogP contribution in [0.1, 0.15) is 20.8 Å². The largest absolute Gasteiger partial charge is 0.373 e. The number of rotatable bonds is 5. The highest BCUT2D eigenvalue weighted by Crippen LogP contribution is 2.20. The first-order valence-corrected chi connectivity index (χ1v) is 6.10. The number of anilines is 2. The summed E-state index contributed by atoms with van der Waals surface area (Å²) in [7, 11) is 1.61. The molecule has 1 amide bonds. The smallest absolute Gasteiger partial charge is 0.276 e. The van der Waals surface area contributed by atoms with E-state index < -0.39 is 4.92 Å². The van der Waals surface area contributed by atoms with E-state index in [9.17, 15) is 14.9 Å². The number of nitrogens with zero attached hydrogens (tertiary/aromatic N) is 2. The van der Waals surface area contributed by atoms with Gasteiger partial charge in [0, 0.05) is 12.6 Å². The first-order chi connectivity index (χ1) is 9.21. The topological polar surface area (TPSA) is 109 Å². The molecule has 20 heavy (non-hydrogen) atoms. The van der Waals surface area contributed by atoms with Gasteiger partial charge in [-0.3, -0.25) is 14.9 Å². The molecule has 0 aliphatic rings. The second-order valence-electron chi connectivity index (χ2n) is 5.25. The van der Waals surface area contributed by atoms with E-state index in [1.807, 2.05) is 20.8 Å². The Balaban J connectivity index is 2.75. The molecular weight excluding hydrogens is 262 g/mol. The van der Waals surface area contributed by atoms with Crippen molar-refractivity contribution in [3.05, 3.63) is 22.2 Å². The lowest BCUT2D eigenvalue weighted by Gasteiger charge is -2.20. The van der Waals surface area contributed by atoms with Crippen LogP contribution in [0.15, 0.2) is 12.1 Å². The zero-order chi connectivity index (χ0) is 15.3. The van der Waals surface area contributed by atoms with E-state index >= 15 is 0 Å². The van der Waals surface area contributed by atoms with Crippen LogP contribution in [0.2, 0.25) is 0 Å². The van der Waals surface area contributed by atoms with Crippen LogP contribution < -0.4 is 16.0 Å². The molecule has 110 valence electrons. The lowest BCUT2D eigenvalue weighted by molar-refractivity contribution is -0.384. The minimum Gasteiger partial charge on any atom is -0.373 e. The van der Waals surface area contributed by atoms with Crippen molar-refractivity contribution in [2.75, 3.05) is 24.2 Å². The molecule has 3 N–H and O–H groups in total. The van der Waals surface area contributed by atoms with Crippen molar-refractivity contribution in [1.82, 2.24) is 10.3 Å². The van der Waals surface area contributed by atoms with Crippen molar-refractivity contribution >= 4 is 23.2 Å². The number of carbonyl (C=O) groups is 1. The van der Waals surface area contributed by atoms with Crippen molar-refractivity contribution in [2.45, 2.75) is 26.3 Å². The fraction of sp³-hybridized carbons (Fsp3) is 0.500. The van der Waals surface area contributed by atoms with Gasteiger partial charge in [0.05, 0.1) is 23.6 Å². The van der Waals surface area contributed by atoms with Gasteiger partial charge in [0.1, 0.15) is 11.6 Å². The fourth-order valence-electron chi connectivity index (χ4n) is 1.47. The van der Waals surface area contributed by atoms with Crippen LogP contribution in [0.25, 0.3) is 0 Å². The Labute approximate surface area is 117 Å². The Morgan fingerprint density at radius 1 is 1.35 bits per heavy atom. The maximum absolute atomic E-state index is 11.7. The summed E-state index contributed by atoms with van der Waals surface area (Å²) < 4.78 is 0. The van der Waals surface area contributed by atoms with E-state index in [4.69, 9.17) is 0 Å². The van der Waals surface area contributed by atoms with Gasteiger partial charge in [-0.15, -0.1) is 0 Å². The van der Waals surface area contributed by atoms with Crippen LogP contribution >= 0.6 is 0 Å². The quantitative estimate of drug-likeness (QED) is 0.555. The Morgan fingerprint density at radius 3 is 2.45 bits per heavy atom. The Morgan fingerprint density at radius 2 is 1.95 bits per heavy atom. The van der Waals surface area contributed by atoms with Gasteiger partial charge in [-0.2, -0.15) is 0 Å². The molecule has 0 radical (unpaired) electrons. The van der Waals surface area contributed by atoms with Gasteiger partial charge in [0.25, 0.3) is 5.69 Å². The molecule has 0 aliphatic carbocycles. The molecule has 0 saturated carbocycles. The molecule has 1 aromatic rings. The first-order valence-electron chi connectivity index (χ1n) is 6.10. The Kier molecular flexibility index (Phi) is 4.84. The zero-order valence-corrected chi connectivity index (χ0v) is 12.0. The van der Waals surface area contributed by atoms with Gasteiger partial charge < -0.3 is 16.0 Å². The third-order valence-electron chi connectivity index (χ3n) is 2.22. The highest BCUT2D eigenvalue weighted by molar-refractivity contribution is 5.81. The standard InChI is InChI=1S/C12H19N5O3/c1-12(2,3)16-11(18)7-14-10-6-8(17(19)20)5-9(13-4)15-10/h5-6H,7H2,1-4H3,(H,16,18)(H2,13,14,15). The zero-order valence-electron chi connectivity index (χ0n) is 12.0. The van der Waals surface area contributed by atoms with Gasteiger partial charge in [-0.25, -0.2) is 4.98 Å². The van der Waals surface area contributed by atoms with E-state index in [1.54, 1.807) is 7.05 Å². The SMILES string of the molecule is CNc1cc([N+](=O)[O-])cc(NCC(=O)NC(C)(C)C)n1. The molecule has 0 spiro atoms. The summed E-state index contributed by atoms with van der Waals surface area (Å²) in [4.78, 5) is 26.0. The average molecular weight is 281 g/mol. The number of nitro groups is 1. The van der Waals surface area contributed by atoms with E-state index in [-0.39, 0.29) is 29.5 Å². The molecule has 0 saturated heterocycles. The second-order valence-corrected chi connectivity index (χ2v) is 5.25. The number of hydrogen-bond donors (Lipinski definition) is 3. The molecule has 1 heterocycles. The minimum atomic E-state index is -0.511. The predicted molar refractivity (Wildman–Crippen MR) is 76.8 cm³/mol. The number of hydrogen-bond acceptors (Lipinski definition) is 6. The molecule has 8 heteroatoms. The molecule has 1 rings (SSSR count). The Hall–Kier alpha value is -2.38. The molecule has 1 aromatic heterocycles. The maximum Gasteiger partial charge on any atom is 0.276 e. The van der Waals surface area contributed by atoms with Crippen LogP contribution in [0.3, 0.4) is 0 Å². The van der Waals surface area contributed by atoms with Crippen LogP contribution in [0.4, 0.5) is 17.3 Å². The van der Waals surface area contributed by atoms with Crippen LogP contribution in [-0.2, 0) is 4.79 Å². The van der Waals surface area contributed by atoms with E-state index in [0.717, 1.165) is 0 Å². The van der Waals surface area contributed by atoms with Gasteiger partial charge in [-0.05, 0) is 20.8 Å². The number of nitrogens with one attached hydrogen (secondary N) is 3. The highest BCUT2D eigenvalue weighted by atomic mass is 16.6. The first kappa shape index (κ1) is 15.7. The van der Waals surface area contributed by atoms with Gasteiger partial charge in [0.15, 0.2) is 0 Å². The van der Waals surface area contributed by atoms with Gasteiger partial charge in [-0.1, -0.05) is 0 Å². The summed E-state index contributed by atoms with van der Waals surface area (Å²) in [5.74, 6) is 0.419. The molecule has 8 nitrogen and oxygen atoms in total. The predicted octanol–water partition coefficient (Wildman–Crippen LogP) is 1.36. The third kappa shape index (κ3) is 5.09. The van der Waals surface area contributed by atoms with Crippen molar-refractivity contribution < 1.29 is 9.72 Å². The van der Waals surface area contributed by atoms with E-state index in [1.165, 1.54) is 12.1 Å². The summed E-state index contributed by atoms with van der Waals surface area (Å²) in [6.45, 7) is 5.61. The maximum atomic E-state index is 11.7. The normalized spacial score (nSPS) is 10.8. The number of carbonyl (C=O) groups excluding carboxylic acids is 1. The molecule has 0 fully saturated rings. The summed E-state index contributed by atoms with van der Waals surface area (Å²) in [6, 6.07) is 2.60. The van der Waals surface area contributed by atoms with E-state index in [2.05, 4.69) is 20.9 Å². The molecule has 0 unspecified atom stereocenters. The number of pyridine rings is 1. The van der Waals surface area contributed by atoms with Gasteiger partial charge >= 0.3 is 0 Å². The summed E-state index contributed by atoms with van der Waals surface area (Å²) in [5, 5.41) is 19.1. The highest BCUT2D eigenvalue weighted by Gasteiger charge is 2.15. The lowest BCUT2D eigenvalue weighted by Crippen LogP contribution is -2.43.